The maximum atomic E-state index is 15.0. The summed E-state index contributed by atoms with van der Waals surface area (Å²) in [6.45, 7) is 8.14. The Morgan fingerprint density at radius 1 is 1.11 bits per heavy atom. The van der Waals surface area contributed by atoms with E-state index in [1.165, 1.54) is 5.57 Å². The molecular weight excluding hydrogens is 693 g/mol. The highest BCUT2D eigenvalue weighted by molar-refractivity contribution is 6.33. The van der Waals surface area contributed by atoms with Gasteiger partial charge in [-0.05, 0) is 105 Å². The van der Waals surface area contributed by atoms with Crippen molar-refractivity contribution in [2.45, 2.75) is 102 Å². The van der Waals surface area contributed by atoms with E-state index >= 15 is 0 Å². The monoisotopic (exact) mass is 752 g/mol. The molecule has 4 bridgehead atoms. The van der Waals surface area contributed by atoms with Gasteiger partial charge in [0.15, 0.2) is 11.4 Å². The van der Waals surface area contributed by atoms with Crippen molar-refractivity contribution >= 4 is 17.5 Å². The highest BCUT2D eigenvalue weighted by atomic mass is 16.7. The van der Waals surface area contributed by atoms with E-state index in [0.29, 0.717) is 54.6 Å². The fraction of sp³-hybridized carbons (Fsp3) is 0.578. The van der Waals surface area contributed by atoms with Crippen LogP contribution in [0.1, 0.15) is 105 Å². The van der Waals surface area contributed by atoms with Gasteiger partial charge < -0.3 is 35.8 Å². The van der Waals surface area contributed by atoms with E-state index in [4.69, 9.17) is 9.47 Å². The second-order valence-corrected chi connectivity index (χ2v) is 16.7. The van der Waals surface area contributed by atoms with Gasteiger partial charge in [-0.2, -0.15) is 0 Å². The van der Waals surface area contributed by atoms with Crippen molar-refractivity contribution in [2.24, 2.45) is 23.7 Å². The first-order valence-electron chi connectivity index (χ1n) is 20.7. The molecule has 1 saturated heterocycles. The molecule has 10 heteroatoms. The number of nitrogens with one attached hydrogen (secondary N) is 4. The van der Waals surface area contributed by atoms with Gasteiger partial charge in [-0.15, -0.1) is 0 Å². The zero-order chi connectivity index (χ0) is 38.7. The van der Waals surface area contributed by atoms with Gasteiger partial charge in [0.2, 0.25) is 5.78 Å². The van der Waals surface area contributed by atoms with Crippen LogP contribution >= 0.6 is 0 Å². The van der Waals surface area contributed by atoms with Gasteiger partial charge >= 0.3 is 5.97 Å². The van der Waals surface area contributed by atoms with Crippen LogP contribution in [0.4, 0.5) is 0 Å². The van der Waals surface area contributed by atoms with Crippen molar-refractivity contribution in [1.82, 2.24) is 21.3 Å². The number of esters is 1. The Morgan fingerprint density at radius 3 is 2.75 bits per heavy atom. The number of carbonyl (C=O) groups excluding carboxylic acids is 3. The quantitative estimate of drug-likeness (QED) is 0.0638. The van der Waals surface area contributed by atoms with Gasteiger partial charge in [-0.1, -0.05) is 81.2 Å². The fourth-order valence-corrected chi connectivity index (χ4v) is 9.92. The van der Waals surface area contributed by atoms with Gasteiger partial charge in [0, 0.05) is 36.1 Å². The summed E-state index contributed by atoms with van der Waals surface area (Å²) in [5.74, 6) is 0.491. The molecule has 6 aliphatic rings. The van der Waals surface area contributed by atoms with Crippen molar-refractivity contribution in [1.29, 1.82) is 0 Å². The molecule has 0 saturated carbocycles. The minimum absolute atomic E-state index is 0.00610. The number of likely N-dealkylation sites (N-methyl/N-ethyl adjacent to an activating group) is 1. The number of fused-ring (bicyclic) bond motifs is 1. The first kappa shape index (κ1) is 39.4. The Morgan fingerprint density at radius 2 is 1.95 bits per heavy atom. The lowest BCUT2D eigenvalue weighted by molar-refractivity contribution is -0.150. The van der Waals surface area contributed by atoms with E-state index in [1.54, 1.807) is 6.07 Å². The summed E-state index contributed by atoms with van der Waals surface area (Å²) < 4.78 is 12.6. The number of Topliss-reactive ketones (excluding diaryl/α,β-unsaturated/α-hetero) is 2. The lowest BCUT2D eigenvalue weighted by Gasteiger charge is -2.40. The van der Waals surface area contributed by atoms with Gasteiger partial charge in [-0.3, -0.25) is 9.59 Å². The Bertz CT molecular complexity index is 1830. The minimum Gasteiger partial charge on any atom is -0.463 e. The van der Waals surface area contributed by atoms with Gasteiger partial charge in [-0.25, -0.2) is 4.79 Å². The lowest BCUT2D eigenvalue weighted by atomic mass is 9.68. The smallest absolute Gasteiger partial charge is 0.350 e. The Kier molecular flexibility index (Phi) is 12.0. The van der Waals surface area contributed by atoms with Crippen molar-refractivity contribution in [3.8, 4) is 0 Å². The molecule has 3 aliphatic carbocycles. The van der Waals surface area contributed by atoms with Crippen LogP contribution in [0.5, 0.6) is 0 Å². The Hall–Kier alpha value is -3.83. The number of allylic oxidation sites excluding steroid dienone is 6. The number of hydrogen-bond donors (Lipinski definition) is 5. The minimum atomic E-state index is -2.10. The van der Waals surface area contributed by atoms with Crippen LogP contribution in [0.2, 0.25) is 0 Å². The van der Waals surface area contributed by atoms with Crippen molar-refractivity contribution in [2.75, 3.05) is 40.0 Å². The van der Waals surface area contributed by atoms with Crippen LogP contribution in [0.15, 0.2) is 76.7 Å². The zero-order valence-corrected chi connectivity index (χ0v) is 33.1. The molecule has 1 aromatic carbocycles. The van der Waals surface area contributed by atoms with Crippen molar-refractivity contribution < 1.29 is 29.0 Å². The first-order valence-corrected chi connectivity index (χ1v) is 20.7. The Labute approximate surface area is 326 Å². The van der Waals surface area contributed by atoms with Gasteiger partial charge in [0.05, 0.1) is 19.9 Å². The number of dihydropyridines is 1. The summed E-state index contributed by atoms with van der Waals surface area (Å²) in [7, 11) is 1.88. The fourth-order valence-electron chi connectivity index (χ4n) is 9.92. The van der Waals surface area contributed by atoms with Crippen molar-refractivity contribution in [3.05, 3.63) is 93.4 Å². The molecule has 1 spiro atoms. The van der Waals surface area contributed by atoms with Crippen LogP contribution in [0.3, 0.4) is 0 Å². The molecule has 55 heavy (non-hydrogen) atoms. The normalized spacial score (nSPS) is 32.1. The molecule has 3 aliphatic heterocycles. The second-order valence-electron chi connectivity index (χ2n) is 16.7. The van der Waals surface area contributed by atoms with Gasteiger partial charge in [0.1, 0.15) is 5.82 Å². The number of ketones is 2. The standard InChI is InChI=1S/C45H60N4O6/c1-5-47-38-23-32-13-8-12-31-11-7-6-10-28(2)20-33-14-9-15-36-40(33)42(52)45(43(53)54-26-34(38)22-37(31)32)44(55-45,41(36)51)24-35(25-50)29(3)16-17-30-18-19-48-39(21-30)49-27-46-4/h8-9,13-15,18,21,23,28,31,34,37-38,46-50H,5-7,10-12,16-17,19-20,22,24-27H2,1-4H3/b35-29-/t28-,31-,34+,37-,38-,44+,45+/m1/s1. The summed E-state index contributed by atoms with van der Waals surface area (Å²) in [4.78, 5) is 44.4. The van der Waals surface area contributed by atoms with E-state index in [9.17, 15) is 19.5 Å². The zero-order valence-electron chi connectivity index (χ0n) is 33.1. The number of carbonyl (C=O) groups is 3. The van der Waals surface area contributed by atoms with Gasteiger partial charge in [0.25, 0.3) is 5.60 Å². The van der Waals surface area contributed by atoms with E-state index in [1.807, 2.05) is 26.1 Å². The number of aliphatic hydroxyl groups excluding tert-OH is 1. The molecular formula is C45H60N4O6. The summed E-state index contributed by atoms with van der Waals surface area (Å²) in [5, 5.41) is 24.1. The maximum Gasteiger partial charge on any atom is 0.350 e. The van der Waals surface area contributed by atoms with Crippen LogP contribution in [-0.2, 0) is 20.7 Å². The Balaban J connectivity index is 1.21. The summed E-state index contributed by atoms with van der Waals surface area (Å²) in [6, 6.07) is 5.46. The number of hydrogen-bond acceptors (Lipinski definition) is 10. The average molecular weight is 753 g/mol. The highest BCUT2D eigenvalue weighted by Gasteiger charge is 2.85. The number of cyclic esters (lactones) is 1. The molecule has 5 N–H and O–H groups in total. The highest BCUT2D eigenvalue weighted by Crippen LogP contribution is 2.60. The van der Waals surface area contributed by atoms with E-state index in [-0.39, 0.29) is 43.3 Å². The van der Waals surface area contributed by atoms with Crippen LogP contribution in [0, 0.1) is 23.7 Å². The molecule has 7 atom stereocenters. The molecule has 0 radical (unpaired) electrons. The molecule has 0 amide bonds. The van der Waals surface area contributed by atoms with Crippen LogP contribution in [0.25, 0.3) is 0 Å². The van der Waals surface area contributed by atoms with E-state index in [0.717, 1.165) is 74.0 Å². The van der Waals surface area contributed by atoms with Crippen LogP contribution in [-0.4, -0.2) is 79.9 Å². The molecule has 296 valence electrons. The maximum absolute atomic E-state index is 15.0. The molecule has 1 fully saturated rings. The third kappa shape index (κ3) is 7.55. The topological polar surface area (TPSA) is 141 Å². The number of rotatable bonds is 11. The van der Waals surface area contributed by atoms with E-state index < -0.39 is 23.0 Å². The molecule has 0 aromatic heterocycles. The molecule has 10 nitrogen and oxygen atoms in total. The predicted octanol–water partition coefficient (Wildman–Crippen LogP) is 5.60. The lowest BCUT2D eigenvalue weighted by Crippen LogP contribution is -2.52. The predicted molar refractivity (Wildman–Crippen MR) is 213 cm³/mol. The third-order valence-corrected chi connectivity index (χ3v) is 13.1. The first-order chi connectivity index (χ1) is 26.6. The SMILES string of the molecule is CCN[C@@H]1C=C2C=CC[C@H]3CCCC[C@@H](C)Cc4cccc5c4C(=O)[C@]4(O[C@@]4(C/C(CO)=C(\C)CCC4=CCNC(NCNC)=C4)C5=O)C(=O)OC[C@@H]1C[C@@H]23. The number of aliphatic hydroxyl groups is 1. The van der Waals surface area contributed by atoms with Crippen molar-refractivity contribution in [3.63, 3.8) is 0 Å². The van der Waals surface area contributed by atoms with E-state index in [2.05, 4.69) is 65.5 Å². The number of benzene rings is 1. The summed E-state index contributed by atoms with van der Waals surface area (Å²) in [5.41, 5.74) is 1.51. The summed E-state index contributed by atoms with van der Waals surface area (Å²) in [6.07, 6.45) is 19.4. The number of ether oxygens (including phenoxy) is 2. The molecule has 7 rings (SSSR count). The average Bonchev–Trinajstić information content (AvgIpc) is 3.89. The second kappa shape index (κ2) is 16.7. The van der Waals surface area contributed by atoms with Crippen LogP contribution < -0.4 is 21.3 Å². The molecule has 3 heterocycles. The third-order valence-electron chi connectivity index (χ3n) is 13.1. The summed E-state index contributed by atoms with van der Waals surface area (Å²) >= 11 is 0. The molecule has 0 unspecified atom stereocenters. The molecule has 1 aromatic rings. The largest absolute Gasteiger partial charge is 0.463 e. The number of epoxide rings is 1.